The predicted molar refractivity (Wildman–Crippen MR) is 115 cm³/mol. The van der Waals surface area contributed by atoms with Crippen molar-refractivity contribution >= 4 is 39.2 Å². The molecule has 1 amide bonds. The summed E-state index contributed by atoms with van der Waals surface area (Å²) >= 11 is 5.97. The maximum atomic E-state index is 12.7. The molecule has 0 saturated carbocycles. The molecular weight excluding hydrogens is 442 g/mol. The Hall–Kier alpha value is -3.30. The van der Waals surface area contributed by atoms with Crippen molar-refractivity contribution < 1.29 is 22.7 Å². The number of carbonyl (C=O) groups is 1. The third-order valence-electron chi connectivity index (χ3n) is 4.92. The van der Waals surface area contributed by atoms with Crippen LogP contribution in [-0.2, 0) is 26.1 Å². The number of hydrogen-bond acceptors (Lipinski definition) is 6. The van der Waals surface area contributed by atoms with E-state index in [-0.39, 0.29) is 18.3 Å². The first-order valence-corrected chi connectivity index (χ1v) is 11.5. The minimum Gasteiger partial charge on any atom is -0.454 e. The Balaban J connectivity index is 1.44. The second-order valence-electron chi connectivity index (χ2n) is 7.13. The fourth-order valence-electron chi connectivity index (χ4n) is 3.49. The number of anilines is 1. The van der Waals surface area contributed by atoms with Crippen LogP contribution in [0.5, 0.6) is 11.5 Å². The number of benzene rings is 2. The zero-order valence-electron chi connectivity index (χ0n) is 16.0. The minimum absolute atomic E-state index is 0.154. The molecule has 5 rings (SSSR count). The minimum atomic E-state index is -3.28. The van der Waals surface area contributed by atoms with Crippen LogP contribution in [0.4, 0.5) is 5.82 Å². The summed E-state index contributed by atoms with van der Waals surface area (Å²) < 4.78 is 36.3. The Morgan fingerprint density at radius 3 is 2.68 bits per heavy atom. The Kier molecular flexibility index (Phi) is 4.71. The molecule has 0 unspecified atom stereocenters. The fourth-order valence-corrected chi connectivity index (χ4v) is 5.11. The van der Waals surface area contributed by atoms with Crippen LogP contribution in [0.25, 0.3) is 11.8 Å². The summed E-state index contributed by atoms with van der Waals surface area (Å²) in [6.07, 6.45) is 3.00. The summed E-state index contributed by atoms with van der Waals surface area (Å²) in [6, 6.07) is 12.2. The summed E-state index contributed by atoms with van der Waals surface area (Å²) in [5, 5.41) is 7.77. The molecule has 0 fully saturated rings. The first kappa shape index (κ1) is 19.7. The Labute approximate surface area is 183 Å². The van der Waals surface area contributed by atoms with E-state index in [1.54, 1.807) is 48.5 Å². The highest BCUT2D eigenvalue weighted by atomic mass is 35.5. The van der Waals surface area contributed by atoms with Crippen LogP contribution < -0.4 is 14.8 Å². The Morgan fingerprint density at radius 1 is 1.10 bits per heavy atom. The average molecular weight is 458 g/mol. The zero-order valence-corrected chi connectivity index (χ0v) is 17.6. The standard InChI is InChI=1S/C21H16ClN3O5S/c22-14-3-5-15(6-4-14)25-21(16-10-31(27,28)11-17(16)24-25)23-20(26)8-2-13-1-7-18-19(9-13)30-12-29-18/h1-9H,10-12H2,(H,23,26)/b8-2+. The van der Waals surface area contributed by atoms with Gasteiger partial charge in [-0.25, -0.2) is 13.1 Å². The molecule has 2 aliphatic rings. The third-order valence-corrected chi connectivity index (χ3v) is 6.62. The van der Waals surface area contributed by atoms with Gasteiger partial charge in [0.25, 0.3) is 0 Å². The summed E-state index contributed by atoms with van der Waals surface area (Å²) in [5.74, 6) is 0.867. The molecule has 0 aliphatic carbocycles. The second-order valence-corrected chi connectivity index (χ2v) is 9.63. The monoisotopic (exact) mass is 457 g/mol. The summed E-state index contributed by atoms with van der Waals surface area (Å²) in [6.45, 7) is 0.172. The molecule has 3 aromatic rings. The topological polar surface area (TPSA) is 99.5 Å². The smallest absolute Gasteiger partial charge is 0.249 e. The first-order valence-electron chi connectivity index (χ1n) is 9.34. The third kappa shape index (κ3) is 3.89. The number of ether oxygens (including phenoxy) is 2. The van der Waals surface area contributed by atoms with Crippen LogP contribution >= 0.6 is 11.6 Å². The van der Waals surface area contributed by atoms with E-state index < -0.39 is 15.7 Å². The molecule has 0 bridgehead atoms. The molecule has 1 N–H and O–H groups in total. The van der Waals surface area contributed by atoms with E-state index in [4.69, 9.17) is 21.1 Å². The van der Waals surface area contributed by atoms with E-state index in [1.807, 2.05) is 0 Å². The zero-order chi connectivity index (χ0) is 21.6. The SMILES string of the molecule is O=C(/C=C/c1ccc2c(c1)OCO2)Nc1c2c(nn1-c1ccc(Cl)cc1)CS(=O)(=O)C2. The van der Waals surface area contributed by atoms with Gasteiger partial charge >= 0.3 is 0 Å². The molecule has 0 saturated heterocycles. The van der Waals surface area contributed by atoms with Crippen LogP contribution in [0.2, 0.25) is 5.02 Å². The first-order chi connectivity index (χ1) is 14.9. The summed E-state index contributed by atoms with van der Waals surface area (Å²) in [5.41, 5.74) is 2.36. The number of carbonyl (C=O) groups excluding carboxylic acids is 1. The van der Waals surface area contributed by atoms with Crippen molar-refractivity contribution in [3.05, 3.63) is 70.4 Å². The van der Waals surface area contributed by atoms with Gasteiger partial charge < -0.3 is 14.8 Å². The molecular formula is C21H16ClN3O5S. The molecule has 31 heavy (non-hydrogen) atoms. The van der Waals surface area contributed by atoms with E-state index in [0.717, 1.165) is 5.56 Å². The quantitative estimate of drug-likeness (QED) is 0.603. The van der Waals surface area contributed by atoms with E-state index in [2.05, 4.69) is 10.4 Å². The number of aromatic nitrogens is 2. The molecule has 2 aromatic carbocycles. The van der Waals surface area contributed by atoms with Gasteiger partial charge in [-0.05, 0) is 48.0 Å². The Bertz CT molecular complexity index is 1330. The lowest BCUT2D eigenvalue weighted by Gasteiger charge is -2.10. The van der Waals surface area contributed by atoms with Crippen molar-refractivity contribution in [1.29, 1.82) is 0 Å². The van der Waals surface area contributed by atoms with Crippen molar-refractivity contribution in [2.45, 2.75) is 11.5 Å². The largest absolute Gasteiger partial charge is 0.454 e. The van der Waals surface area contributed by atoms with Gasteiger partial charge in [0.05, 0.1) is 22.9 Å². The number of rotatable bonds is 4. The number of sulfone groups is 1. The lowest BCUT2D eigenvalue weighted by Crippen LogP contribution is -2.14. The normalized spacial score (nSPS) is 15.9. The molecule has 0 radical (unpaired) electrons. The lowest BCUT2D eigenvalue weighted by atomic mass is 10.2. The van der Waals surface area contributed by atoms with Crippen LogP contribution in [0.3, 0.4) is 0 Å². The molecule has 3 heterocycles. The van der Waals surface area contributed by atoms with Gasteiger partial charge in [-0.15, -0.1) is 0 Å². The molecule has 10 heteroatoms. The maximum Gasteiger partial charge on any atom is 0.249 e. The Morgan fingerprint density at radius 2 is 1.87 bits per heavy atom. The number of nitrogens with zero attached hydrogens (tertiary/aromatic N) is 2. The highest BCUT2D eigenvalue weighted by Gasteiger charge is 2.33. The van der Waals surface area contributed by atoms with Gasteiger partial charge in [0.15, 0.2) is 21.3 Å². The van der Waals surface area contributed by atoms with Crippen LogP contribution in [0.1, 0.15) is 16.8 Å². The maximum absolute atomic E-state index is 12.7. The van der Waals surface area contributed by atoms with Gasteiger partial charge in [-0.2, -0.15) is 5.10 Å². The van der Waals surface area contributed by atoms with E-state index in [1.165, 1.54) is 10.8 Å². The number of halogens is 1. The summed E-state index contributed by atoms with van der Waals surface area (Å²) in [4.78, 5) is 12.7. The van der Waals surface area contributed by atoms with Gasteiger partial charge in [0.1, 0.15) is 5.82 Å². The van der Waals surface area contributed by atoms with Crippen LogP contribution in [-0.4, -0.2) is 30.9 Å². The molecule has 2 aliphatic heterocycles. The average Bonchev–Trinajstić information content (AvgIpc) is 3.40. The predicted octanol–water partition coefficient (Wildman–Crippen LogP) is 3.33. The number of nitrogens with one attached hydrogen (secondary N) is 1. The van der Waals surface area contributed by atoms with E-state index >= 15 is 0 Å². The highest BCUT2D eigenvalue weighted by Crippen LogP contribution is 2.34. The fraction of sp³-hybridized carbons (Fsp3) is 0.143. The number of amides is 1. The van der Waals surface area contributed by atoms with Crippen molar-refractivity contribution in [1.82, 2.24) is 9.78 Å². The number of hydrogen-bond donors (Lipinski definition) is 1. The van der Waals surface area contributed by atoms with Gasteiger partial charge in [-0.3, -0.25) is 4.79 Å². The van der Waals surface area contributed by atoms with E-state index in [9.17, 15) is 13.2 Å². The molecule has 158 valence electrons. The second kappa shape index (κ2) is 7.44. The van der Waals surface area contributed by atoms with Crippen molar-refractivity contribution in [2.75, 3.05) is 12.1 Å². The van der Waals surface area contributed by atoms with Crippen molar-refractivity contribution in [2.24, 2.45) is 0 Å². The van der Waals surface area contributed by atoms with E-state index in [0.29, 0.717) is 39.3 Å². The van der Waals surface area contributed by atoms with Crippen LogP contribution in [0.15, 0.2) is 48.5 Å². The highest BCUT2D eigenvalue weighted by molar-refractivity contribution is 7.90. The van der Waals surface area contributed by atoms with Gasteiger partial charge in [0.2, 0.25) is 12.7 Å². The molecule has 8 nitrogen and oxygen atoms in total. The van der Waals surface area contributed by atoms with Crippen molar-refractivity contribution in [3.63, 3.8) is 0 Å². The molecule has 1 aromatic heterocycles. The molecule has 0 atom stereocenters. The number of fused-ring (bicyclic) bond motifs is 2. The van der Waals surface area contributed by atoms with Gasteiger partial charge in [0, 0.05) is 16.7 Å². The van der Waals surface area contributed by atoms with Crippen molar-refractivity contribution in [3.8, 4) is 17.2 Å². The summed E-state index contributed by atoms with van der Waals surface area (Å²) in [7, 11) is -3.28. The molecule has 0 spiro atoms. The van der Waals surface area contributed by atoms with Crippen LogP contribution in [0, 0.1) is 0 Å². The van der Waals surface area contributed by atoms with Gasteiger partial charge in [-0.1, -0.05) is 17.7 Å². The lowest BCUT2D eigenvalue weighted by molar-refractivity contribution is -0.111.